The number of nitrogens with one attached hydrogen (secondary N) is 1. The van der Waals surface area contributed by atoms with Gasteiger partial charge in [-0.25, -0.2) is 0 Å². The smallest absolute Gasteiger partial charge is 0.255 e. The zero-order valence-corrected chi connectivity index (χ0v) is 10.5. The lowest BCUT2D eigenvalue weighted by atomic mass is 10.0. The van der Waals surface area contributed by atoms with Crippen LogP contribution in [-0.4, -0.2) is 28.7 Å². The highest BCUT2D eigenvalue weighted by atomic mass is 16.3. The standard InChI is InChI=1S/C13H11N3O4/c17-11-4-3-10(12(18)14-11)16-6-7-5-8(15-20)1-2-9(7)13(16)19/h1-2,5,10H,3-4,6H2,(H,14,17,18). The van der Waals surface area contributed by atoms with Gasteiger partial charge in [-0.2, -0.15) is 0 Å². The van der Waals surface area contributed by atoms with Gasteiger partial charge in [0.25, 0.3) is 5.91 Å². The van der Waals surface area contributed by atoms with E-state index in [-0.39, 0.29) is 30.5 Å². The van der Waals surface area contributed by atoms with Gasteiger partial charge in [0.2, 0.25) is 11.8 Å². The molecule has 0 bridgehead atoms. The van der Waals surface area contributed by atoms with Gasteiger partial charge in [0, 0.05) is 18.5 Å². The Morgan fingerprint density at radius 3 is 2.75 bits per heavy atom. The first-order chi connectivity index (χ1) is 9.60. The van der Waals surface area contributed by atoms with Crippen LogP contribution in [0.3, 0.4) is 0 Å². The molecule has 7 heteroatoms. The summed E-state index contributed by atoms with van der Waals surface area (Å²) in [5.41, 5.74) is 1.40. The molecule has 1 atom stereocenters. The first-order valence-corrected chi connectivity index (χ1v) is 6.21. The molecule has 0 aromatic heterocycles. The molecule has 1 N–H and O–H groups in total. The monoisotopic (exact) mass is 273 g/mol. The molecular weight excluding hydrogens is 262 g/mol. The van der Waals surface area contributed by atoms with Crippen LogP contribution in [0.4, 0.5) is 5.69 Å². The van der Waals surface area contributed by atoms with E-state index in [1.807, 2.05) is 0 Å². The Morgan fingerprint density at radius 2 is 2.05 bits per heavy atom. The van der Waals surface area contributed by atoms with Gasteiger partial charge in [-0.05, 0) is 35.4 Å². The largest absolute Gasteiger partial charge is 0.322 e. The van der Waals surface area contributed by atoms with Crippen LogP contribution in [0.25, 0.3) is 0 Å². The van der Waals surface area contributed by atoms with Crippen molar-refractivity contribution in [3.63, 3.8) is 0 Å². The lowest BCUT2D eigenvalue weighted by Crippen LogP contribution is -2.52. The summed E-state index contributed by atoms with van der Waals surface area (Å²) in [5.74, 6) is -1.02. The van der Waals surface area contributed by atoms with Crippen molar-refractivity contribution in [1.29, 1.82) is 0 Å². The molecule has 3 amide bonds. The Kier molecular flexibility index (Phi) is 2.81. The van der Waals surface area contributed by atoms with Crippen molar-refractivity contribution in [3.05, 3.63) is 34.2 Å². The van der Waals surface area contributed by atoms with E-state index in [0.717, 1.165) is 0 Å². The van der Waals surface area contributed by atoms with Crippen molar-refractivity contribution in [2.75, 3.05) is 0 Å². The molecule has 1 unspecified atom stereocenters. The van der Waals surface area contributed by atoms with E-state index in [2.05, 4.69) is 10.5 Å². The molecule has 0 spiro atoms. The number of hydrogen-bond donors (Lipinski definition) is 1. The maximum Gasteiger partial charge on any atom is 0.255 e. The lowest BCUT2D eigenvalue weighted by molar-refractivity contribution is -0.136. The van der Waals surface area contributed by atoms with Gasteiger partial charge in [-0.3, -0.25) is 19.7 Å². The van der Waals surface area contributed by atoms with Gasteiger partial charge in [-0.15, -0.1) is 4.91 Å². The van der Waals surface area contributed by atoms with Gasteiger partial charge in [0.1, 0.15) is 11.7 Å². The van der Waals surface area contributed by atoms with E-state index in [9.17, 15) is 19.3 Å². The summed E-state index contributed by atoms with van der Waals surface area (Å²) >= 11 is 0. The van der Waals surface area contributed by atoms with Gasteiger partial charge < -0.3 is 4.90 Å². The van der Waals surface area contributed by atoms with Crippen LogP contribution < -0.4 is 5.32 Å². The van der Waals surface area contributed by atoms with E-state index in [0.29, 0.717) is 17.5 Å². The van der Waals surface area contributed by atoms with Gasteiger partial charge in [0.15, 0.2) is 0 Å². The van der Waals surface area contributed by atoms with E-state index in [4.69, 9.17) is 0 Å². The molecular formula is C13H11N3O4. The summed E-state index contributed by atoms with van der Waals surface area (Å²) in [6.07, 6.45) is 0.543. The molecule has 0 radical (unpaired) electrons. The summed E-state index contributed by atoms with van der Waals surface area (Å²) in [5, 5.41) is 5.07. The van der Waals surface area contributed by atoms with Crippen LogP contribution >= 0.6 is 0 Å². The molecule has 2 heterocycles. The van der Waals surface area contributed by atoms with Crippen LogP contribution in [0, 0.1) is 4.91 Å². The molecule has 0 saturated carbocycles. The molecule has 1 fully saturated rings. The average Bonchev–Trinajstić information content (AvgIpc) is 2.75. The van der Waals surface area contributed by atoms with Gasteiger partial charge >= 0.3 is 0 Å². The first-order valence-electron chi connectivity index (χ1n) is 6.21. The molecule has 0 aliphatic carbocycles. The minimum absolute atomic E-state index is 0.220. The van der Waals surface area contributed by atoms with Crippen molar-refractivity contribution < 1.29 is 14.4 Å². The number of amides is 3. The van der Waals surface area contributed by atoms with Crippen molar-refractivity contribution in [2.24, 2.45) is 5.18 Å². The van der Waals surface area contributed by atoms with Crippen molar-refractivity contribution in [3.8, 4) is 0 Å². The molecule has 20 heavy (non-hydrogen) atoms. The second-order valence-corrected chi connectivity index (χ2v) is 4.83. The fraction of sp³-hybridized carbons (Fsp3) is 0.308. The maximum absolute atomic E-state index is 12.3. The number of carbonyl (C=O) groups excluding carboxylic acids is 3. The van der Waals surface area contributed by atoms with Crippen LogP contribution in [-0.2, 0) is 16.1 Å². The maximum atomic E-state index is 12.3. The normalized spacial score (nSPS) is 21.7. The second kappa shape index (κ2) is 4.52. The molecule has 3 rings (SSSR count). The quantitative estimate of drug-likeness (QED) is 0.638. The highest BCUT2D eigenvalue weighted by molar-refractivity contribution is 6.05. The van der Waals surface area contributed by atoms with E-state index in [1.54, 1.807) is 12.1 Å². The second-order valence-electron chi connectivity index (χ2n) is 4.83. The highest BCUT2D eigenvalue weighted by Gasteiger charge is 2.39. The van der Waals surface area contributed by atoms with E-state index < -0.39 is 11.9 Å². The number of rotatable bonds is 2. The number of benzene rings is 1. The number of imide groups is 1. The molecule has 1 aromatic rings. The molecule has 102 valence electrons. The number of fused-ring (bicyclic) bond motifs is 1. The number of hydrogen-bond acceptors (Lipinski definition) is 5. The summed E-state index contributed by atoms with van der Waals surface area (Å²) in [6, 6.07) is 3.92. The topological polar surface area (TPSA) is 95.9 Å². The van der Waals surface area contributed by atoms with Crippen LogP contribution in [0.2, 0.25) is 0 Å². The van der Waals surface area contributed by atoms with Crippen LogP contribution in [0.15, 0.2) is 23.4 Å². The molecule has 7 nitrogen and oxygen atoms in total. The van der Waals surface area contributed by atoms with Gasteiger partial charge in [0.05, 0.1) is 0 Å². The van der Waals surface area contributed by atoms with Crippen molar-refractivity contribution in [1.82, 2.24) is 10.2 Å². The van der Waals surface area contributed by atoms with E-state index in [1.165, 1.54) is 11.0 Å². The summed E-state index contributed by atoms with van der Waals surface area (Å²) < 4.78 is 0. The molecule has 1 saturated heterocycles. The summed E-state index contributed by atoms with van der Waals surface area (Å²) in [7, 11) is 0. The van der Waals surface area contributed by atoms with Gasteiger partial charge in [-0.1, -0.05) is 0 Å². The minimum atomic E-state index is -0.639. The Morgan fingerprint density at radius 1 is 1.25 bits per heavy atom. The molecule has 2 aliphatic heterocycles. The predicted octanol–water partition coefficient (Wildman–Crippen LogP) is 0.845. The summed E-state index contributed by atoms with van der Waals surface area (Å²) in [4.78, 5) is 47.2. The SMILES string of the molecule is O=Nc1ccc2c(c1)CN(C1CCC(=O)NC1=O)C2=O. The van der Waals surface area contributed by atoms with Crippen LogP contribution in [0.5, 0.6) is 0 Å². The fourth-order valence-electron chi connectivity index (χ4n) is 2.62. The number of carbonyl (C=O) groups is 3. The lowest BCUT2D eigenvalue weighted by Gasteiger charge is -2.29. The number of nitroso groups, excluding NO2 is 1. The third-order valence-corrected chi connectivity index (χ3v) is 3.61. The molecule has 2 aliphatic rings. The molecule has 1 aromatic carbocycles. The first kappa shape index (κ1) is 12.5. The Hall–Kier alpha value is -2.57. The highest BCUT2D eigenvalue weighted by Crippen LogP contribution is 2.29. The third kappa shape index (κ3) is 1.87. The zero-order chi connectivity index (χ0) is 14.3. The zero-order valence-electron chi connectivity index (χ0n) is 10.5. The van der Waals surface area contributed by atoms with Crippen molar-refractivity contribution in [2.45, 2.75) is 25.4 Å². The average molecular weight is 273 g/mol. The van der Waals surface area contributed by atoms with Crippen molar-refractivity contribution >= 4 is 23.4 Å². The Bertz CT molecular complexity index is 641. The fourth-order valence-corrected chi connectivity index (χ4v) is 2.62. The van der Waals surface area contributed by atoms with E-state index >= 15 is 0 Å². The Labute approximate surface area is 113 Å². The number of nitrogens with zero attached hydrogens (tertiary/aromatic N) is 2. The third-order valence-electron chi connectivity index (χ3n) is 3.61. The summed E-state index contributed by atoms with van der Waals surface area (Å²) in [6.45, 7) is 0.254. The number of piperidine rings is 1. The minimum Gasteiger partial charge on any atom is -0.322 e. The Balaban J connectivity index is 1.88. The predicted molar refractivity (Wildman–Crippen MR) is 67.9 cm³/mol. The van der Waals surface area contributed by atoms with Crippen LogP contribution in [0.1, 0.15) is 28.8 Å².